The summed E-state index contributed by atoms with van der Waals surface area (Å²) in [6, 6.07) is 13.1. The summed E-state index contributed by atoms with van der Waals surface area (Å²) in [6.45, 7) is 2.36. The third-order valence-corrected chi connectivity index (χ3v) is 4.60. The summed E-state index contributed by atoms with van der Waals surface area (Å²) in [4.78, 5) is 29.4. The molecule has 1 N–H and O–H groups in total. The lowest BCUT2D eigenvalue weighted by atomic mass is 10.1. The van der Waals surface area contributed by atoms with Crippen molar-refractivity contribution in [1.29, 1.82) is 0 Å². The van der Waals surface area contributed by atoms with Crippen molar-refractivity contribution in [1.82, 2.24) is 14.9 Å². The van der Waals surface area contributed by atoms with E-state index in [2.05, 4.69) is 10.3 Å². The second-order valence-electron chi connectivity index (χ2n) is 6.49. The molecule has 0 aliphatic heterocycles. The van der Waals surface area contributed by atoms with E-state index in [1.807, 2.05) is 43.3 Å². The number of ether oxygens (including phenoxy) is 1. The highest BCUT2D eigenvalue weighted by Crippen LogP contribution is 2.14. The van der Waals surface area contributed by atoms with Crippen LogP contribution in [0.2, 0.25) is 0 Å². The second kappa shape index (κ2) is 8.03. The van der Waals surface area contributed by atoms with Gasteiger partial charge in [-0.15, -0.1) is 0 Å². The first-order valence-corrected chi connectivity index (χ1v) is 8.84. The summed E-state index contributed by atoms with van der Waals surface area (Å²) < 4.78 is 6.71. The number of fused-ring (bicyclic) bond motifs is 1. The number of carbonyl (C=O) groups is 1. The van der Waals surface area contributed by atoms with Gasteiger partial charge in [0.25, 0.3) is 5.56 Å². The number of nitrogens with zero attached hydrogens (tertiary/aromatic N) is 2. The Labute approximate surface area is 157 Å². The van der Waals surface area contributed by atoms with Crippen molar-refractivity contribution in [2.45, 2.75) is 26.3 Å². The van der Waals surface area contributed by atoms with E-state index in [0.29, 0.717) is 29.7 Å². The Balaban J connectivity index is 1.67. The number of amides is 1. The summed E-state index contributed by atoms with van der Waals surface area (Å²) in [5.74, 6) is 1.28. The van der Waals surface area contributed by atoms with Crippen molar-refractivity contribution >= 4 is 16.8 Å². The molecule has 1 heterocycles. The fourth-order valence-corrected chi connectivity index (χ4v) is 3.00. The van der Waals surface area contributed by atoms with Crippen molar-refractivity contribution in [2.24, 2.45) is 7.05 Å². The molecule has 2 aromatic carbocycles. The van der Waals surface area contributed by atoms with Crippen LogP contribution in [-0.2, 0) is 24.8 Å². The molecule has 6 nitrogen and oxygen atoms in total. The zero-order chi connectivity index (χ0) is 19.4. The molecule has 0 bridgehead atoms. The Bertz CT molecular complexity index is 1040. The average molecular weight is 365 g/mol. The van der Waals surface area contributed by atoms with Crippen LogP contribution in [0.5, 0.6) is 5.75 Å². The maximum atomic E-state index is 12.5. The van der Waals surface area contributed by atoms with E-state index < -0.39 is 0 Å². The summed E-state index contributed by atoms with van der Waals surface area (Å²) >= 11 is 0. The highest BCUT2D eigenvalue weighted by atomic mass is 16.5. The topological polar surface area (TPSA) is 73.2 Å². The molecule has 140 valence electrons. The number of hydrogen-bond acceptors (Lipinski definition) is 4. The number of carbonyl (C=O) groups excluding carboxylic acids is 1. The van der Waals surface area contributed by atoms with Crippen LogP contribution >= 0.6 is 0 Å². The number of hydrogen-bond donors (Lipinski definition) is 1. The standard InChI is InChI=1S/C21H23N3O3/c1-14-6-4-9-17-20(14)23-18(24(2)21(17)26)10-11-19(25)22-13-15-7-5-8-16(12-15)27-3/h4-9,12H,10-11,13H2,1-3H3,(H,22,25). The van der Waals surface area contributed by atoms with Crippen LogP contribution in [0.1, 0.15) is 23.4 Å². The highest BCUT2D eigenvalue weighted by Gasteiger charge is 2.11. The molecule has 3 aromatic rings. The van der Waals surface area contributed by atoms with E-state index in [4.69, 9.17) is 4.74 Å². The maximum absolute atomic E-state index is 12.5. The van der Waals surface area contributed by atoms with E-state index in [0.717, 1.165) is 16.9 Å². The van der Waals surface area contributed by atoms with Gasteiger partial charge in [-0.3, -0.25) is 14.2 Å². The molecule has 6 heteroatoms. The lowest BCUT2D eigenvalue weighted by Gasteiger charge is -2.11. The van der Waals surface area contributed by atoms with Gasteiger partial charge >= 0.3 is 0 Å². The maximum Gasteiger partial charge on any atom is 0.261 e. The van der Waals surface area contributed by atoms with Crippen LogP contribution in [-0.4, -0.2) is 22.6 Å². The zero-order valence-corrected chi connectivity index (χ0v) is 15.8. The first-order valence-electron chi connectivity index (χ1n) is 8.84. The lowest BCUT2D eigenvalue weighted by molar-refractivity contribution is -0.121. The van der Waals surface area contributed by atoms with E-state index in [9.17, 15) is 9.59 Å². The Kier molecular flexibility index (Phi) is 5.54. The molecule has 1 aromatic heterocycles. The molecule has 0 saturated carbocycles. The van der Waals surface area contributed by atoms with Gasteiger partial charge in [0.15, 0.2) is 0 Å². The number of para-hydroxylation sites is 1. The SMILES string of the molecule is COc1cccc(CNC(=O)CCc2nc3c(C)cccc3c(=O)n2C)c1. The van der Waals surface area contributed by atoms with Crippen LogP contribution < -0.4 is 15.6 Å². The monoisotopic (exact) mass is 365 g/mol. The molecule has 0 atom stereocenters. The van der Waals surface area contributed by atoms with Gasteiger partial charge in [-0.25, -0.2) is 4.98 Å². The Morgan fingerprint density at radius 1 is 1.22 bits per heavy atom. The van der Waals surface area contributed by atoms with Gasteiger partial charge in [-0.05, 0) is 36.2 Å². The third-order valence-electron chi connectivity index (χ3n) is 4.60. The van der Waals surface area contributed by atoms with E-state index in [-0.39, 0.29) is 17.9 Å². The molecule has 27 heavy (non-hydrogen) atoms. The Morgan fingerprint density at radius 2 is 2.00 bits per heavy atom. The molecule has 0 radical (unpaired) electrons. The average Bonchev–Trinajstić information content (AvgIpc) is 2.68. The minimum absolute atomic E-state index is 0.0862. The quantitative estimate of drug-likeness (QED) is 0.728. The van der Waals surface area contributed by atoms with Gasteiger partial charge in [-0.1, -0.05) is 24.3 Å². The number of nitrogens with one attached hydrogen (secondary N) is 1. The van der Waals surface area contributed by atoms with Crippen LogP contribution in [0.25, 0.3) is 10.9 Å². The molecular weight excluding hydrogens is 342 g/mol. The van der Waals surface area contributed by atoms with Crippen molar-refractivity contribution in [3.63, 3.8) is 0 Å². The van der Waals surface area contributed by atoms with Gasteiger partial charge in [0.1, 0.15) is 11.6 Å². The first-order chi connectivity index (χ1) is 13.0. The fraction of sp³-hybridized carbons (Fsp3) is 0.286. The molecule has 0 aliphatic rings. The van der Waals surface area contributed by atoms with Gasteiger partial charge in [0.2, 0.25) is 5.91 Å². The van der Waals surface area contributed by atoms with Crippen LogP contribution in [0, 0.1) is 6.92 Å². The highest BCUT2D eigenvalue weighted by molar-refractivity contribution is 5.81. The van der Waals surface area contributed by atoms with Gasteiger partial charge in [0, 0.05) is 26.4 Å². The smallest absolute Gasteiger partial charge is 0.261 e. The Morgan fingerprint density at radius 3 is 2.78 bits per heavy atom. The molecule has 0 fully saturated rings. The fourth-order valence-electron chi connectivity index (χ4n) is 3.00. The van der Waals surface area contributed by atoms with Crippen LogP contribution in [0.4, 0.5) is 0 Å². The summed E-state index contributed by atoms with van der Waals surface area (Å²) in [5.41, 5.74) is 2.53. The van der Waals surface area contributed by atoms with Gasteiger partial charge < -0.3 is 10.1 Å². The minimum atomic E-state index is -0.0875. The molecule has 1 amide bonds. The zero-order valence-electron chi connectivity index (χ0n) is 15.8. The molecule has 0 unspecified atom stereocenters. The summed E-state index contributed by atoms with van der Waals surface area (Å²) in [6.07, 6.45) is 0.668. The largest absolute Gasteiger partial charge is 0.497 e. The van der Waals surface area contributed by atoms with Crippen molar-refractivity contribution in [3.05, 3.63) is 69.8 Å². The summed E-state index contributed by atoms with van der Waals surface area (Å²) in [5, 5.41) is 3.49. The third kappa shape index (κ3) is 4.16. The lowest BCUT2D eigenvalue weighted by Crippen LogP contribution is -2.26. The predicted octanol–water partition coefficient (Wildman–Crippen LogP) is 2.50. The van der Waals surface area contributed by atoms with E-state index in [1.54, 1.807) is 20.2 Å². The second-order valence-corrected chi connectivity index (χ2v) is 6.49. The number of rotatable bonds is 6. The predicted molar refractivity (Wildman–Crippen MR) is 105 cm³/mol. The van der Waals surface area contributed by atoms with Crippen molar-refractivity contribution in [2.75, 3.05) is 7.11 Å². The van der Waals surface area contributed by atoms with Crippen molar-refractivity contribution < 1.29 is 9.53 Å². The molecule has 0 saturated heterocycles. The molecular formula is C21H23N3O3. The number of benzene rings is 2. The molecule has 0 spiro atoms. The van der Waals surface area contributed by atoms with E-state index in [1.165, 1.54) is 4.57 Å². The molecule has 0 aliphatic carbocycles. The summed E-state index contributed by atoms with van der Waals surface area (Å²) in [7, 11) is 3.31. The Hall–Kier alpha value is -3.15. The molecule has 3 rings (SSSR count). The minimum Gasteiger partial charge on any atom is -0.497 e. The number of aryl methyl sites for hydroxylation is 2. The van der Waals surface area contributed by atoms with Gasteiger partial charge in [0.05, 0.1) is 18.0 Å². The number of methoxy groups -OCH3 is 1. The van der Waals surface area contributed by atoms with Crippen molar-refractivity contribution in [3.8, 4) is 5.75 Å². The van der Waals surface area contributed by atoms with Crippen LogP contribution in [0.15, 0.2) is 47.3 Å². The van der Waals surface area contributed by atoms with Gasteiger partial charge in [-0.2, -0.15) is 0 Å². The van der Waals surface area contributed by atoms with Crippen LogP contribution in [0.3, 0.4) is 0 Å². The normalized spacial score (nSPS) is 10.8. The van der Waals surface area contributed by atoms with E-state index >= 15 is 0 Å². The number of aromatic nitrogens is 2. The first kappa shape index (κ1) is 18.6.